The first-order valence-electron chi connectivity index (χ1n) is 6.73. The SMILES string of the molecule is O/N=C\c1[nH]c2ccccc2c1-c1c[nH]c2ccccc12. The van der Waals surface area contributed by atoms with Gasteiger partial charge in [0.2, 0.25) is 0 Å². The highest BCUT2D eigenvalue weighted by Crippen LogP contribution is 2.36. The van der Waals surface area contributed by atoms with E-state index in [2.05, 4.69) is 27.3 Å². The van der Waals surface area contributed by atoms with Crippen molar-refractivity contribution in [1.29, 1.82) is 0 Å². The second kappa shape index (κ2) is 4.52. The molecular weight excluding hydrogens is 262 g/mol. The fourth-order valence-corrected chi connectivity index (χ4v) is 2.89. The van der Waals surface area contributed by atoms with Gasteiger partial charge in [0, 0.05) is 39.1 Å². The minimum Gasteiger partial charge on any atom is -0.411 e. The molecule has 0 unspecified atom stereocenters. The third-order valence-corrected chi connectivity index (χ3v) is 3.78. The minimum atomic E-state index is 0.795. The van der Waals surface area contributed by atoms with E-state index < -0.39 is 0 Å². The lowest BCUT2D eigenvalue weighted by molar-refractivity contribution is 0.321. The third-order valence-electron chi connectivity index (χ3n) is 3.78. The molecule has 0 fully saturated rings. The summed E-state index contributed by atoms with van der Waals surface area (Å²) in [4.78, 5) is 6.58. The Labute approximate surface area is 120 Å². The van der Waals surface area contributed by atoms with E-state index in [4.69, 9.17) is 5.21 Å². The molecule has 0 saturated carbocycles. The minimum absolute atomic E-state index is 0.795. The zero-order valence-electron chi connectivity index (χ0n) is 11.2. The van der Waals surface area contributed by atoms with Crippen LogP contribution in [0, 0.1) is 0 Å². The largest absolute Gasteiger partial charge is 0.411 e. The first-order valence-corrected chi connectivity index (χ1v) is 6.73. The van der Waals surface area contributed by atoms with E-state index in [-0.39, 0.29) is 0 Å². The summed E-state index contributed by atoms with van der Waals surface area (Å²) < 4.78 is 0. The number of fused-ring (bicyclic) bond motifs is 2. The quantitative estimate of drug-likeness (QED) is 0.287. The molecule has 2 heterocycles. The first kappa shape index (κ1) is 11.8. The summed E-state index contributed by atoms with van der Waals surface area (Å²) in [6.45, 7) is 0. The van der Waals surface area contributed by atoms with Crippen molar-refractivity contribution >= 4 is 28.0 Å². The lowest BCUT2D eigenvalue weighted by Gasteiger charge is -2.00. The molecule has 102 valence electrons. The van der Waals surface area contributed by atoms with Gasteiger partial charge in [-0.2, -0.15) is 0 Å². The molecular formula is C17H13N3O. The Kier molecular flexibility index (Phi) is 2.54. The topological polar surface area (TPSA) is 64.2 Å². The molecule has 4 nitrogen and oxygen atoms in total. The Morgan fingerprint density at radius 2 is 1.62 bits per heavy atom. The lowest BCUT2D eigenvalue weighted by atomic mass is 10.0. The monoisotopic (exact) mass is 275 g/mol. The van der Waals surface area contributed by atoms with Gasteiger partial charge >= 0.3 is 0 Å². The normalized spacial score (nSPS) is 11.8. The lowest BCUT2D eigenvalue weighted by Crippen LogP contribution is -1.85. The summed E-state index contributed by atoms with van der Waals surface area (Å²) in [5.74, 6) is 0. The van der Waals surface area contributed by atoms with Gasteiger partial charge in [0.1, 0.15) is 0 Å². The van der Waals surface area contributed by atoms with E-state index in [1.54, 1.807) is 0 Å². The van der Waals surface area contributed by atoms with Gasteiger partial charge in [0.05, 0.1) is 11.9 Å². The molecule has 4 aromatic rings. The van der Waals surface area contributed by atoms with Crippen molar-refractivity contribution in [3.63, 3.8) is 0 Å². The zero-order chi connectivity index (χ0) is 14.2. The van der Waals surface area contributed by atoms with Crippen molar-refractivity contribution in [2.45, 2.75) is 0 Å². The second-order valence-corrected chi connectivity index (χ2v) is 4.95. The Balaban J connectivity index is 2.11. The van der Waals surface area contributed by atoms with Crippen LogP contribution in [0.2, 0.25) is 0 Å². The number of aromatic nitrogens is 2. The number of aromatic amines is 2. The summed E-state index contributed by atoms with van der Waals surface area (Å²) in [6, 6.07) is 16.2. The van der Waals surface area contributed by atoms with Gasteiger partial charge in [-0.25, -0.2) is 0 Å². The number of oxime groups is 1. The highest BCUT2D eigenvalue weighted by atomic mass is 16.4. The Hall–Kier alpha value is -3.01. The van der Waals surface area contributed by atoms with E-state index in [0.29, 0.717) is 0 Å². The molecule has 0 aliphatic heterocycles. The van der Waals surface area contributed by atoms with Crippen molar-refractivity contribution in [3.05, 3.63) is 60.4 Å². The van der Waals surface area contributed by atoms with Crippen molar-refractivity contribution < 1.29 is 5.21 Å². The molecule has 0 atom stereocenters. The van der Waals surface area contributed by atoms with Crippen LogP contribution in [-0.2, 0) is 0 Å². The van der Waals surface area contributed by atoms with Crippen LogP contribution in [-0.4, -0.2) is 21.4 Å². The van der Waals surface area contributed by atoms with Crippen molar-refractivity contribution in [2.24, 2.45) is 5.16 Å². The van der Waals surface area contributed by atoms with Crippen molar-refractivity contribution in [2.75, 3.05) is 0 Å². The van der Waals surface area contributed by atoms with E-state index in [1.807, 2.05) is 42.6 Å². The molecule has 0 saturated heterocycles. The third kappa shape index (κ3) is 1.73. The fraction of sp³-hybridized carbons (Fsp3) is 0. The van der Waals surface area contributed by atoms with Crippen molar-refractivity contribution in [3.8, 4) is 11.1 Å². The summed E-state index contributed by atoms with van der Waals surface area (Å²) in [7, 11) is 0. The maximum atomic E-state index is 8.92. The predicted molar refractivity (Wildman–Crippen MR) is 85.0 cm³/mol. The van der Waals surface area contributed by atoms with Crippen LogP contribution in [0.1, 0.15) is 5.69 Å². The number of rotatable bonds is 2. The summed E-state index contributed by atoms with van der Waals surface area (Å²) >= 11 is 0. The molecule has 0 spiro atoms. The molecule has 4 rings (SSSR count). The molecule has 0 aliphatic rings. The van der Waals surface area contributed by atoms with Crippen LogP contribution in [0.25, 0.3) is 32.9 Å². The summed E-state index contributed by atoms with van der Waals surface area (Å²) in [5.41, 5.74) is 5.04. The molecule has 3 N–H and O–H groups in total. The Morgan fingerprint density at radius 1 is 0.905 bits per heavy atom. The summed E-state index contributed by atoms with van der Waals surface area (Å²) in [5, 5.41) is 14.4. The molecule has 2 aromatic heterocycles. The maximum Gasteiger partial charge on any atom is 0.0903 e. The molecule has 4 heteroatoms. The van der Waals surface area contributed by atoms with Crippen LogP contribution >= 0.6 is 0 Å². The number of nitrogens with one attached hydrogen (secondary N) is 2. The number of para-hydroxylation sites is 2. The van der Waals surface area contributed by atoms with Crippen LogP contribution in [0.15, 0.2) is 59.9 Å². The Morgan fingerprint density at radius 3 is 2.43 bits per heavy atom. The van der Waals surface area contributed by atoms with Crippen molar-refractivity contribution in [1.82, 2.24) is 9.97 Å². The van der Waals surface area contributed by atoms with Crippen LogP contribution < -0.4 is 0 Å². The molecule has 2 aromatic carbocycles. The molecule has 0 bridgehead atoms. The second-order valence-electron chi connectivity index (χ2n) is 4.95. The number of H-pyrrole nitrogens is 2. The number of benzene rings is 2. The highest BCUT2D eigenvalue weighted by molar-refractivity contribution is 6.10. The van der Waals surface area contributed by atoms with Crippen LogP contribution in [0.3, 0.4) is 0 Å². The highest BCUT2D eigenvalue weighted by Gasteiger charge is 2.15. The molecule has 0 aliphatic carbocycles. The van der Waals surface area contributed by atoms with Gasteiger partial charge < -0.3 is 15.2 Å². The smallest absolute Gasteiger partial charge is 0.0903 e. The van der Waals surface area contributed by atoms with E-state index in [0.717, 1.165) is 38.6 Å². The van der Waals surface area contributed by atoms with E-state index in [1.165, 1.54) is 6.21 Å². The van der Waals surface area contributed by atoms with Gasteiger partial charge in [-0.3, -0.25) is 0 Å². The molecule has 0 amide bonds. The van der Waals surface area contributed by atoms with E-state index in [9.17, 15) is 0 Å². The zero-order valence-corrected chi connectivity index (χ0v) is 11.2. The van der Waals surface area contributed by atoms with Gasteiger partial charge in [-0.05, 0) is 12.1 Å². The van der Waals surface area contributed by atoms with E-state index >= 15 is 0 Å². The predicted octanol–water partition coefficient (Wildman–Crippen LogP) is 4.12. The van der Waals surface area contributed by atoms with Crippen LogP contribution in [0.4, 0.5) is 0 Å². The maximum absolute atomic E-state index is 8.92. The van der Waals surface area contributed by atoms with Gasteiger partial charge in [-0.15, -0.1) is 0 Å². The van der Waals surface area contributed by atoms with Gasteiger partial charge in [0.25, 0.3) is 0 Å². The fourth-order valence-electron chi connectivity index (χ4n) is 2.89. The van der Waals surface area contributed by atoms with Gasteiger partial charge in [-0.1, -0.05) is 41.6 Å². The number of hydrogen-bond donors (Lipinski definition) is 3. The molecule has 0 radical (unpaired) electrons. The summed E-state index contributed by atoms with van der Waals surface area (Å²) in [6.07, 6.45) is 3.44. The van der Waals surface area contributed by atoms with Crippen LogP contribution in [0.5, 0.6) is 0 Å². The standard InChI is InChI=1S/C17H13N3O/c21-19-10-16-17(12-6-2-4-8-15(12)20-16)13-9-18-14-7-3-1-5-11(13)14/h1-10,18,20-21H/b19-10-. The average molecular weight is 275 g/mol. The first-order chi connectivity index (χ1) is 10.4. The van der Waals surface area contributed by atoms with Gasteiger partial charge in [0.15, 0.2) is 0 Å². The number of hydrogen-bond acceptors (Lipinski definition) is 2. The average Bonchev–Trinajstić information content (AvgIpc) is 3.08. The molecule has 21 heavy (non-hydrogen) atoms. The Bertz CT molecular complexity index is 962. The number of nitrogens with zero attached hydrogens (tertiary/aromatic N) is 1.